The third-order valence-corrected chi connectivity index (χ3v) is 5.27. The Bertz CT molecular complexity index is 1030. The van der Waals surface area contributed by atoms with Crippen molar-refractivity contribution in [1.29, 1.82) is 0 Å². The number of rotatable bonds is 3. The van der Waals surface area contributed by atoms with Crippen LogP contribution in [0.25, 0.3) is 5.69 Å². The van der Waals surface area contributed by atoms with Crippen LogP contribution in [0.15, 0.2) is 63.7 Å². The molecule has 0 amide bonds. The van der Waals surface area contributed by atoms with Gasteiger partial charge in [0, 0.05) is 5.92 Å². The zero-order chi connectivity index (χ0) is 21.1. The van der Waals surface area contributed by atoms with E-state index < -0.39 is 0 Å². The Kier molecular flexibility index (Phi) is 8.01. The van der Waals surface area contributed by atoms with Crippen molar-refractivity contribution in [2.24, 2.45) is 0 Å². The molecule has 2 aliphatic carbocycles. The molecule has 1 atom stereocenters. The number of nitrogens with zero attached hydrogens (tertiary/aromatic N) is 3. The van der Waals surface area contributed by atoms with E-state index in [-0.39, 0.29) is 34.5 Å². The average molecular weight is 453 g/mol. The van der Waals surface area contributed by atoms with Gasteiger partial charge in [0.1, 0.15) is 0 Å². The minimum atomic E-state index is -0.341. The van der Waals surface area contributed by atoms with Gasteiger partial charge < -0.3 is 0 Å². The monoisotopic (exact) mass is 453 g/mol. The Morgan fingerprint density at radius 2 is 1.48 bits per heavy atom. The number of benzene rings is 1. The maximum atomic E-state index is 13.2. The molecule has 1 aromatic heterocycles. The van der Waals surface area contributed by atoms with Crippen LogP contribution in [0.3, 0.4) is 0 Å². The molecule has 1 aromatic carbocycles. The summed E-state index contributed by atoms with van der Waals surface area (Å²) in [4.78, 5) is 26.1. The summed E-state index contributed by atoms with van der Waals surface area (Å²) in [5.74, 6) is 0.968. The molecule has 0 saturated heterocycles. The molecule has 1 aliphatic heterocycles. The molecule has 5 nitrogen and oxygen atoms in total. The molecular formula is C25H23FeN3O2+2. The second kappa shape index (κ2) is 10.5. The van der Waals surface area contributed by atoms with Gasteiger partial charge in [-0.2, -0.15) is 0 Å². The zero-order valence-electron chi connectivity index (χ0n) is 17.2. The number of hydrogen-bond acceptors (Lipinski definition) is 2. The molecule has 6 heteroatoms. The van der Waals surface area contributed by atoms with Crippen LogP contribution in [0.2, 0.25) is 0 Å². The van der Waals surface area contributed by atoms with Gasteiger partial charge in [-0.1, -0.05) is 30.9 Å². The Hall–Kier alpha value is -2.04. The first-order valence-electron chi connectivity index (χ1n) is 9.83. The first kappa shape index (κ1) is 23.6. The number of para-hydroxylation sites is 1. The number of allylic oxidation sites excluding steroid dienone is 3. The summed E-state index contributed by atoms with van der Waals surface area (Å²) in [6, 6.07) is 8.68. The molecule has 0 spiro atoms. The number of hydrogen-bond donors (Lipinski definition) is 0. The smallest absolute Gasteiger partial charge is 0.245 e. The molecule has 31 heavy (non-hydrogen) atoms. The Balaban J connectivity index is 0.000000401. The molecule has 3 aliphatic rings. The fourth-order valence-corrected chi connectivity index (χ4v) is 3.87. The largest absolute Gasteiger partial charge is 2.00 e. The van der Waals surface area contributed by atoms with Crippen molar-refractivity contribution in [3.8, 4) is 5.69 Å². The van der Waals surface area contributed by atoms with Gasteiger partial charge in [-0.3, -0.25) is 0 Å². The minimum Gasteiger partial charge on any atom is -0.245 e. The van der Waals surface area contributed by atoms with Gasteiger partial charge in [-0.25, -0.2) is 23.5 Å². The molecule has 156 valence electrons. The van der Waals surface area contributed by atoms with E-state index in [0.29, 0.717) is 12.2 Å². The van der Waals surface area contributed by atoms with Crippen LogP contribution in [0.5, 0.6) is 0 Å². The number of aromatic nitrogens is 3. The normalized spacial score (nSPS) is 20.6. The number of fused-ring (bicyclic) bond motifs is 1. The van der Waals surface area contributed by atoms with Gasteiger partial charge in [-0.15, -0.1) is 0 Å². The molecule has 1 unspecified atom stereocenters. The Labute approximate surface area is 194 Å². The molecule has 5 rings (SSSR count). The zero-order valence-corrected chi connectivity index (χ0v) is 18.3. The van der Waals surface area contributed by atoms with Crippen LogP contribution in [0, 0.1) is 63.7 Å². The van der Waals surface area contributed by atoms with Crippen molar-refractivity contribution in [3.05, 3.63) is 139 Å². The third-order valence-electron chi connectivity index (χ3n) is 5.27. The van der Waals surface area contributed by atoms with Crippen LogP contribution in [0.4, 0.5) is 0 Å². The Morgan fingerprint density at radius 1 is 0.903 bits per heavy atom. The maximum absolute atomic E-state index is 13.2. The summed E-state index contributed by atoms with van der Waals surface area (Å²) in [6.45, 7) is 6.28. The van der Waals surface area contributed by atoms with E-state index >= 15 is 0 Å². The maximum Gasteiger partial charge on any atom is 2.00 e. The standard InChI is InChI=1S/C20H18N3O2.C5H5.Fe/c1-3-17-14(2)13-21-19(24)22(16-11-5-4-6-12-16)20(25)23(21)18(17)15-9-7-8-10-15;1-2-4-5-3-1;/h3-12,18H,1,13H2,2H3;1-5H;/q;;+2. The minimum absolute atomic E-state index is 0. The van der Waals surface area contributed by atoms with Gasteiger partial charge in [0.2, 0.25) is 0 Å². The third kappa shape index (κ3) is 4.61. The summed E-state index contributed by atoms with van der Waals surface area (Å²) in [7, 11) is 0. The van der Waals surface area contributed by atoms with E-state index in [9.17, 15) is 9.59 Å². The molecule has 0 bridgehead atoms. The van der Waals surface area contributed by atoms with Crippen molar-refractivity contribution in [1.82, 2.24) is 13.9 Å². The van der Waals surface area contributed by atoms with Crippen LogP contribution >= 0.6 is 0 Å². The molecule has 2 aromatic rings. The van der Waals surface area contributed by atoms with Gasteiger partial charge >= 0.3 is 28.4 Å². The molecule has 2 heterocycles. The van der Waals surface area contributed by atoms with Crippen LogP contribution in [-0.2, 0) is 23.6 Å². The van der Waals surface area contributed by atoms with Crippen LogP contribution < -0.4 is 11.4 Å². The molecule has 10 radical (unpaired) electrons. The quantitative estimate of drug-likeness (QED) is 0.670. The van der Waals surface area contributed by atoms with E-state index in [4.69, 9.17) is 0 Å². The molecule has 2 fully saturated rings. The first-order valence-corrected chi connectivity index (χ1v) is 9.83. The molecule has 2 saturated carbocycles. The average Bonchev–Trinajstić information content (AvgIpc) is 3.53. The van der Waals surface area contributed by atoms with Gasteiger partial charge in [0.25, 0.3) is 0 Å². The second-order valence-electron chi connectivity index (χ2n) is 7.16. The van der Waals surface area contributed by atoms with Crippen molar-refractivity contribution < 1.29 is 17.1 Å². The topological polar surface area (TPSA) is 48.9 Å². The van der Waals surface area contributed by atoms with Gasteiger partial charge in [0.05, 0.1) is 18.3 Å². The fraction of sp³-hybridized carbons (Fsp3) is 0.120. The van der Waals surface area contributed by atoms with E-state index in [1.54, 1.807) is 22.9 Å². The van der Waals surface area contributed by atoms with E-state index in [2.05, 4.69) is 6.58 Å². The predicted octanol–water partition coefficient (Wildman–Crippen LogP) is 3.28. The van der Waals surface area contributed by atoms with E-state index in [0.717, 1.165) is 17.1 Å². The summed E-state index contributed by atoms with van der Waals surface area (Å²) in [5, 5.41) is 0. The molecule has 0 N–H and O–H groups in total. The summed E-state index contributed by atoms with van der Waals surface area (Å²) < 4.78 is 4.30. The van der Waals surface area contributed by atoms with Crippen molar-refractivity contribution >= 4 is 0 Å². The molecular weight excluding hydrogens is 430 g/mol. The summed E-state index contributed by atoms with van der Waals surface area (Å²) in [6.07, 6.45) is 19.6. The Morgan fingerprint density at radius 3 is 2.03 bits per heavy atom. The predicted molar refractivity (Wildman–Crippen MR) is 118 cm³/mol. The van der Waals surface area contributed by atoms with Crippen molar-refractivity contribution in [2.45, 2.75) is 19.5 Å². The van der Waals surface area contributed by atoms with Gasteiger partial charge in [-0.05, 0) is 88.0 Å². The van der Waals surface area contributed by atoms with Gasteiger partial charge in [0.15, 0.2) is 0 Å². The van der Waals surface area contributed by atoms with Crippen LogP contribution in [0.1, 0.15) is 13.0 Å². The van der Waals surface area contributed by atoms with Crippen molar-refractivity contribution in [2.75, 3.05) is 0 Å². The van der Waals surface area contributed by atoms with Crippen LogP contribution in [-0.4, -0.2) is 13.9 Å². The second-order valence-corrected chi connectivity index (χ2v) is 7.16. The fourth-order valence-electron chi connectivity index (χ4n) is 3.87. The van der Waals surface area contributed by atoms with Crippen molar-refractivity contribution in [3.63, 3.8) is 0 Å². The van der Waals surface area contributed by atoms with E-state index in [1.165, 1.54) is 9.25 Å². The SMILES string of the molecule is C=CC1=C(C)Cn2c(=O)n(-c3ccccc3)c(=O)n2C1[C]1[CH][CH][CH][CH]1.[CH]1[CH][CH][CH][CH]1.[Fe+2]. The summed E-state index contributed by atoms with van der Waals surface area (Å²) >= 11 is 0. The summed E-state index contributed by atoms with van der Waals surface area (Å²) in [5.41, 5.74) is 1.92. The first-order chi connectivity index (χ1) is 14.6. The van der Waals surface area contributed by atoms with E-state index in [1.807, 2.05) is 82.9 Å².